The fraction of sp³-hybridized carbons (Fsp3) is 0.133. The lowest BCUT2D eigenvalue weighted by atomic mass is 10.1. The Kier molecular flexibility index (Phi) is 3.10. The standard InChI is InChI=1S/C15H10ClFN2O/c1-8(17)14-5-11-9(6-18-14)2-3-13-12(15(11)20)4-10(16)7-19-13/h2-8H,1H3. The van der Waals surface area contributed by atoms with Crippen LogP contribution in [0.5, 0.6) is 0 Å². The van der Waals surface area contributed by atoms with Crippen LogP contribution in [0.3, 0.4) is 0 Å². The van der Waals surface area contributed by atoms with Crippen molar-refractivity contribution < 1.29 is 4.39 Å². The highest BCUT2D eigenvalue weighted by molar-refractivity contribution is 6.31. The summed E-state index contributed by atoms with van der Waals surface area (Å²) in [6.45, 7) is 1.39. The molecule has 1 atom stereocenters. The molecule has 0 radical (unpaired) electrons. The van der Waals surface area contributed by atoms with Gasteiger partial charge in [-0.25, -0.2) is 4.39 Å². The molecule has 0 bridgehead atoms. The average molecular weight is 289 g/mol. The normalized spacial score (nSPS) is 12.8. The van der Waals surface area contributed by atoms with Crippen LogP contribution in [0.15, 0.2) is 41.5 Å². The number of hydrogen-bond acceptors (Lipinski definition) is 3. The van der Waals surface area contributed by atoms with Crippen LogP contribution in [-0.2, 0) is 0 Å². The molecule has 5 heteroatoms. The maximum Gasteiger partial charge on any atom is 0.195 e. The second-order valence-electron chi connectivity index (χ2n) is 4.56. The molecule has 3 nitrogen and oxygen atoms in total. The summed E-state index contributed by atoms with van der Waals surface area (Å²) in [6.07, 6.45) is 1.77. The second-order valence-corrected chi connectivity index (χ2v) is 5.00. The van der Waals surface area contributed by atoms with E-state index >= 15 is 0 Å². The zero-order valence-electron chi connectivity index (χ0n) is 10.6. The predicted molar refractivity (Wildman–Crippen MR) is 77.8 cm³/mol. The van der Waals surface area contributed by atoms with Gasteiger partial charge in [-0.2, -0.15) is 0 Å². The minimum absolute atomic E-state index is 0.223. The number of halogens is 2. The molecule has 3 rings (SSSR count). The van der Waals surface area contributed by atoms with E-state index in [0.29, 0.717) is 26.7 Å². The number of hydrogen-bond donors (Lipinski definition) is 0. The zero-order valence-corrected chi connectivity index (χ0v) is 11.4. The Hall–Kier alpha value is -2.07. The first kappa shape index (κ1) is 12.9. The molecule has 0 spiro atoms. The van der Waals surface area contributed by atoms with Gasteiger partial charge in [0, 0.05) is 28.6 Å². The fourth-order valence-corrected chi connectivity index (χ4v) is 2.27. The highest BCUT2D eigenvalue weighted by Gasteiger charge is 2.09. The van der Waals surface area contributed by atoms with E-state index in [9.17, 15) is 9.18 Å². The molecule has 0 fully saturated rings. The first-order valence-corrected chi connectivity index (χ1v) is 6.46. The van der Waals surface area contributed by atoms with Gasteiger partial charge < -0.3 is 0 Å². The summed E-state index contributed by atoms with van der Waals surface area (Å²) >= 11 is 5.89. The molecule has 1 aromatic carbocycles. The molecular formula is C15H10ClFN2O. The molecule has 0 N–H and O–H groups in total. The third kappa shape index (κ3) is 2.12. The van der Waals surface area contributed by atoms with E-state index in [1.807, 2.05) is 0 Å². The quantitative estimate of drug-likeness (QED) is 0.683. The monoisotopic (exact) mass is 288 g/mol. The highest BCUT2D eigenvalue weighted by atomic mass is 35.5. The highest BCUT2D eigenvalue weighted by Crippen LogP contribution is 2.20. The summed E-state index contributed by atoms with van der Waals surface area (Å²) in [5, 5.41) is 1.87. The van der Waals surface area contributed by atoms with Crippen LogP contribution in [0, 0.1) is 0 Å². The van der Waals surface area contributed by atoms with E-state index < -0.39 is 6.17 Å². The van der Waals surface area contributed by atoms with Gasteiger partial charge in [-0.05, 0) is 25.1 Å². The SMILES string of the molecule is CC(F)c1cc2c(=O)c3cc(Cl)cnc3ccc2cn1. The van der Waals surface area contributed by atoms with Gasteiger partial charge in [0.15, 0.2) is 5.43 Å². The average Bonchev–Trinajstić information content (AvgIpc) is 2.57. The van der Waals surface area contributed by atoms with Crippen LogP contribution in [0.2, 0.25) is 5.02 Å². The minimum atomic E-state index is -1.22. The molecule has 0 amide bonds. The van der Waals surface area contributed by atoms with E-state index in [1.165, 1.54) is 25.4 Å². The van der Waals surface area contributed by atoms with Crippen LogP contribution < -0.4 is 5.43 Å². The molecule has 0 aliphatic rings. The Morgan fingerprint density at radius 3 is 2.70 bits per heavy atom. The first-order valence-electron chi connectivity index (χ1n) is 6.08. The Balaban J connectivity index is 2.50. The van der Waals surface area contributed by atoms with E-state index in [-0.39, 0.29) is 11.1 Å². The summed E-state index contributed by atoms with van der Waals surface area (Å²) < 4.78 is 13.4. The van der Waals surface area contributed by atoms with Crippen molar-refractivity contribution in [2.75, 3.05) is 0 Å². The van der Waals surface area contributed by atoms with Crippen LogP contribution in [0.25, 0.3) is 21.7 Å². The minimum Gasteiger partial charge on any atom is -0.289 e. The molecule has 2 heterocycles. The van der Waals surface area contributed by atoms with Crippen molar-refractivity contribution in [2.45, 2.75) is 13.1 Å². The Bertz CT molecular complexity index is 880. The Morgan fingerprint density at radius 1 is 1.15 bits per heavy atom. The largest absolute Gasteiger partial charge is 0.289 e. The lowest BCUT2D eigenvalue weighted by Gasteiger charge is -2.01. The van der Waals surface area contributed by atoms with Crippen molar-refractivity contribution >= 4 is 33.3 Å². The smallest absolute Gasteiger partial charge is 0.195 e. The van der Waals surface area contributed by atoms with E-state index in [0.717, 1.165) is 0 Å². The van der Waals surface area contributed by atoms with Crippen molar-refractivity contribution in [3.8, 4) is 0 Å². The van der Waals surface area contributed by atoms with E-state index in [1.54, 1.807) is 18.2 Å². The third-order valence-electron chi connectivity index (χ3n) is 3.16. The number of nitrogens with zero attached hydrogens (tertiary/aromatic N) is 2. The molecule has 2 aromatic heterocycles. The maximum atomic E-state index is 13.4. The number of fused-ring (bicyclic) bond motifs is 2. The van der Waals surface area contributed by atoms with Crippen molar-refractivity contribution in [3.05, 3.63) is 57.6 Å². The van der Waals surface area contributed by atoms with E-state index in [2.05, 4.69) is 9.97 Å². The lowest BCUT2D eigenvalue weighted by molar-refractivity contribution is 0.366. The maximum absolute atomic E-state index is 13.4. The number of aromatic nitrogens is 2. The van der Waals surface area contributed by atoms with Crippen molar-refractivity contribution in [2.24, 2.45) is 0 Å². The summed E-state index contributed by atoms with van der Waals surface area (Å²) in [7, 11) is 0. The van der Waals surface area contributed by atoms with Gasteiger partial charge in [0.25, 0.3) is 0 Å². The Labute approximate surface area is 119 Å². The topological polar surface area (TPSA) is 42.9 Å². The molecule has 1 unspecified atom stereocenters. The third-order valence-corrected chi connectivity index (χ3v) is 3.37. The van der Waals surface area contributed by atoms with Crippen LogP contribution in [-0.4, -0.2) is 9.97 Å². The summed E-state index contributed by atoms with van der Waals surface area (Å²) in [5.74, 6) is 0. The molecule has 3 aromatic rings. The summed E-state index contributed by atoms with van der Waals surface area (Å²) in [6, 6.07) is 6.54. The number of alkyl halides is 1. The van der Waals surface area contributed by atoms with Gasteiger partial charge in [0.05, 0.1) is 16.2 Å². The first-order chi connectivity index (χ1) is 9.56. The number of pyridine rings is 2. The van der Waals surface area contributed by atoms with Crippen LogP contribution in [0.1, 0.15) is 18.8 Å². The van der Waals surface area contributed by atoms with E-state index in [4.69, 9.17) is 11.6 Å². The van der Waals surface area contributed by atoms with Crippen molar-refractivity contribution in [3.63, 3.8) is 0 Å². The van der Waals surface area contributed by atoms with Gasteiger partial charge in [0.2, 0.25) is 0 Å². The van der Waals surface area contributed by atoms with Gasteiger partial charge >= 0.3 is 0 Å². The van der Waals surface area contributed by atoms with Crippen molar-refractivity contribution in [1.82, 2.24) is 9.97 Å². The molecule has 0 aliphatic carbocycles. The Morgan fingerprint density at radius 2 is 1.95 bits per heavy atom. The van der Waals surface area contributed by atoms with Gasteiger partial charge in [0.1, 0.15) is 6.17 Å². The van der Waals surface area contributed by atoms with Gasteiger partial charge in [-0.3, -0.25) is 14.8 Å². The predicted octanol–water partition coefficient (Wildman–Crippen LogP) is 3.83. The van der Waals surface area contributed by atoms with Crippen LogP contribution >= 0.6 is 11.6 Å². The molecule has 0 aliphatic heterocycles. The molecule has 0 saturated heterocycles. The lowest BCUT2D eigenvalue weighted by Crippen LogP contribution is -2.01. The van der Waals surface area contributed by atoms with Gasteiger partial charge in [-0.1, -0.05) is 17.7 Å². The summed E-state index contributed by atoms with van der Waals surface area (Å²) in [4.78, 5) is 20.7. The van der Waals surface area contributed by atoms with Gasteiger partial charge in [-0.15, -0.1) is 0 Å². The molecule has 100 valence electrons. The fourth-order valence-electron chi connectivity index (χ4n) is 2.11. The van der Waals surface area contributed by atoms with Crippen molar-refractivity contribution in [1.29, 1.82) is 0 Å². The summed E-state index contributed by atoms with van der Waals surface area (Å²) in [5.41, 5.74) is 0.564. The molecule has 0 saturated carbocycles. The molecule has 20 heavy (non-hydrogen) atoms. The zero-order chi connectivity index (χ0) is 14.3. The number of rotatable bonds is 1. The molecular weight excluding hydrogens is 279 g/mol. The second kappa shape index (κ2) is 4.80. The van der Waals surface area contributed by atoms with Crippen LogP contribution in [0.4, 0.5) is 4.39 Å².